The molecule has 0 bridgehead atoms. The average molecular weight is 447 g/mol. The minimum absolute atomic E-state index is 0.00375. The highest BCUT2D eigenvalue weighted by Crippen LogP contribution is 2.29. The molecular weight excluding hydrogens is 420 g/mol. The van der Waals surface area contributed by atoms with Gasteiger partial charge in [-0.2, -0.15) is 10.4 Å². The summed E-state index contributed by atoms with van der Waals surface area (Å²) in [6, 6.07) is 13.0. The van der Waals surface area contributed by atoms with Gasteiger partial charge in [-0.15, -0.1) is 5.11 Å². The molecule has 170 valence electrons. The van der Waals surface area contributed by atoms with Gasteiger partial charge >= 0.3 is 0 Å². The van der Waals surface area contributed by atoms with Crippen molar-refractivity contribution in [3.05, 3.63) is 74.6 Å². The Kier molecular flexibility index (Phi) is 7.13. The van der Waals surface area contributed by atoms with E-state index in [1.807, 2.05) is 44.2 Å². The Labute approximate surface area is 192 Å². The van der Waals surface area contributed by atoms with E-state index in [2.05, 4.69) is 10.2 Å². The van der Waals surface area contributed by atoms with Crippen LogP contribution in [0.3, 0.4) is 0 Å². The third-order valence-corrected chi connectivity index (χ3v) is 5.60. The largest absolute Gasteiger partial charge is 0.493 e. The zero-order valence-corrected chi connectivity index (χ0v) is 19.3. The molecule has 0 aliphatic carbocycles. The van der Waals surface area contributed by atoms with Crippen LogP contribution in [0.25, 0.3) is 0 Å². The highest BCUT2D eigenvalue weighted by molar-refractivity contribution is 5.57. The summed E-state index contributed by atoms with van der Waals surface area (Å²) < 4.78 is 11.7. The van der Waals surface area contributed by atoms with Crippen LogP contribution in [0.15, 0.2) is 51.4 Å². The van der Waals surface area contributed by atoms with Gasteiger partial charge < -0.3 is 14.6 Å². The van der Waals surface area contributed by atoms with Crippen LogP contribution in [-0.2, 0) is 13.0 Å². The van der Waals surface area contributed by atoms with Crippen LogP contribution in [0.1, 0.15) is 27.8 Å². The number of methoxy groups -OCH3 is 2. The summed E-state index contributed by atoms with van der Waals surface area (Å²) in [7, 11) is 3.10. The third kappa shape index (κ3) is 4.88. The first-order valence-electron chi connectivity index (χ1n) is 10.4. The van der Waals surface area contributed by atoms with E-state index in [1.165, 1.54) is 0 Å². The molecule has 0 amide bonds. The van der Waals surface area contributed by atoms with Gasteiger partial charge in [-0.05, 0) is 68.1 Å². The predicted octanol–water partition coefficient (Wildman–Crippen LogP) is 5.03. The Bertz CT molecular complexity index is 1320. The van der Waals surface area contributed by atoms with Gasteiger partial charge in [-0.3, -0.25) is 9.36 Å². The summed E-state index contributed by atoms with van der Waals surface area (Å²) in [5.41, 5.74) is 3.44. The fraction of sp³-hybridized carbons (Fsp3) is 0.280. The molecule has 0 atom stereocenters. The van der Waals surface area contributed by atoms with Crippen molar-refractivity contribution in [3.8, 4) is 23.4 Å². The van der Waals surface area contributed by atoms with Crippen molar-refractivity contribution in [2.75, 3.05) is 14.2 Å². The molecule has 0 unspecified atom stereocenters. The second kappa shape index (κ2) is 10.0. The molecule has 33 heavy (non-hydrogen) atoms. The van der Waals surface area contributed by atoms with Gasteiger partial charge in [0.25, 0.3) is 5.56 Å². The topological polar surface area (TPSA) is 109 Å². The predicted molar refractivity (Wildman–Crippen MR) is 125 cm³/mol. The van der Waals surface area contributed by atoms with Crippen molar-refractivity contribution in [1.29, 1.82) is 5.26 Å². The molecule has 0 spiro atoms. The molecule has 0 saturated carbocycles. The highest BCUT2D eigenvalue weighted by atomic mass is 16.5. The quantitative estimate of drug-likeness (QED) is 0.512. The zero-order valence-electron chi connectivity index (χ0n) is 19.3. The molecule has 0 fully saturated rings. The lowest BCUT2D eigenvalue weighted by Crippen LogP contribution is -2.23. The summed E-state index contributed by atoms with van der Waals surface area (Å²) in [4.78, 5) is 13.2. The molecule has 0 aliphatic heterocycles. The van der Waals surface area contributed by atoms with E-state index in [1.54, 1.807) is 33.3 Å². The lowest BCUT2D eigenvalue weighted by Gasteiger charge is -2.14. The maximum absolute atomic E-state index is 13.2. The van der Waals surface area contributed by atoms with Crippen molar-refractivity contribution >= 4 is 11.4 Å². The molecule has 0 radical (unpaired) electrons. The van der Waals surface area contributed by atoms with Gasteiger partial charge in [0.2, 0.25) is 5.88 Å². The number of aryl methyl sites for hydroxylation is 3. The number of hydrogen-bond donors (Lipinski definition) is 1. The Balaban J connectivity index is 1.99. The second-order valence-corrected chi connectivity index (χ2v) is 7.65. The van der Waals surface area contributed by atoms with Crippen LogP contribution >= 0.6 is 0 Å². The maximum atomic E-state index is 13.2. The minimum atomic E-state index is -0.517. The van der Waals surface area contributed by atoms with E-state index in [4.69, 9.17) is 9.47 Å². The van der Waals surface area contributed by atoms with Crippen LogP contribution in [0.5, 0.6) is 17.4 Å². The van der Waals surface area contributed by atoms with Gasteiger partial charge in [0.15, 0.2) is 17.2 Å². The normalized spacial score (nSPS) is 10.9. The van der Waals surface area contributed by atoms with Crippen molar-refractivity contribution in [1.82, 2.24) is 4.57 Å². The third-order valence-electron chi connectivity index (χ3n) is 5.60. The van der Waals surface area contributed by atoms with Gasteiger partial charge in [0.05, 0.1) is 19.9 Å². The van der Waals surface area contributed by atoms with Gasteiger partial charge in [-0.25, -0.2) is 0 Å². The van der Waals surface area contributed by atoms with E-state index >= 15 is 0 Å². The van der Waals surface area contributed by atoms with Gasteiger partial charge in [0, 0.05) is 12.1 Å². The van der Waals surface area contributed by atoms with E-state index in [0.29, 0.717) is 23.6 Å². The SMILES string of the molecule is COc1ccc(CCn2c(O)c(C#N)c(C)c(N=Nc3ccc(C)c(C)c3)c2=O)cc1OC. The Morgan fingerprint density at radius 3 is 2.36 bits per heavy atom. The molecule has 0 saturated heterocycles. The maximum Gasteiger partial charge on any atom is 0.281 e. The van der Waals surface area contributed by atoms with Crippen molar-refractivity contribution in [2.24, 2.45) is 10.2 Å². The number of nitriles is 1. The lowest BCUT2D eigenvalue weighted by molar-refractivity contribution is 0.354. The number of aromatic hydroxyl groups is 1. The molecule has 1 N–H and O–H groups in total. The zero-order chi connectivity index (χ0) is 24.1. The van der Waals surface area contributed by atoms with E-state index in [0.717, 1.165) is 21.3 Å². The number of nitrogens with zero attached hydrogens (tertiary/aromatic N) is 4. The van der Waals surface area contributed by atoms with Crippen LogP contribution in [0.4, 0.5) is 11.4 Å². The summed E-state index contributed by atoms with van der Waals surface area (Å²) in [6.07, 6.45) is 0.412. The fourth-order valence-electron chi connectivity index (χ4n) is 3.44. The monoisotopic (exact) mass is 446 g/mol. The Hall–Kier alpha value is -4.12. The number of ether oxygens (including phenoxy) is 2. The molecule has 8 nitrogen and oxygen atoms in total. The van der Waals surface area contributed by atoms with Gasteiger partial charge in [-0.1, -0.05) is 12.1 Å². The first-order chi connectivity index (χ1) is 15.8. The Morgan fingerprint density at radius 1 is 1.00 bits per heavy atom. The molecule has 0 aliphatic rings. The smallest absolute Gasteiger partial charge is 0.281 e. The summed E-state index contributed by atoms with van der Waals surface area (Å²) >= 11 is 0. The molecule has 8 heteroatoms. The Morgan fingerprint density at radius 2 is 1.73 bits per heavy atom. The molecule has 1 aromatic heterocycles. The first kappa shape index (κ1) is 23.5. The van der Waals surface area contributed by atoms with Crippen LogP contribution in [0.2, 0.25) is 0 Å². The number of azo groups is 1. The summed E-state index contributed by atoms with van der Waals surface area (Å²) in [5.74, 6) is 0.777. The average Bonchev–Trinajstić information content (AvgIpc) is 2.81. The van der Waals surface area contributed by atoms with Crippen molar-refractivity contribution in [3.63, 3.8) is 0 Å². The van der Waals surface area contributed by atoms with Crippen LogP contribution in [0, 0.1) is 32.1 Å². The standard InChI is InChI=1S/C25H26N4O4/c1-15-6-8-19(12-16(15)2)27-28-23-17(3)20(14-26)24(30)29(25(23)31)11-10-18-7-9-21(32-4)22(13-18)33-5/h6-9,12-13,30H,10-11H2,1-5H3. The molecule has 1 heterocycles. The fourth-order valence-corrected chi connectivity index (χ4v) is 3.44. The van der Waals surface area contributed by atoms with Gasteiger partial charge in [0.1, 0.15) is 11.6 Å². The molecule has 3 rings (SSSR count). The van der Waals surface area contributed by atoms with E-state index in [-0.39, 0.29) is 29.2 Å². The number of hydrogen-bond acceptors (Lipinski definition) is 7. The number of pyridine rings is 1. The van der Waals surface area contributed by atoms with E-state index in [9.17, 15) is 15.2 Å². The lowest BCUT2D eigenvalue weighted by atomic mass is 10.1. The van der Waals surface area contributed by atoms with Crippen LogP contribution < -0.4 is 15.0 Å². The van der Waals surface area contributed by atoms with Crippen molar-refractivity contribution < 1.29 is 14.6 Å². The molecular formula is C25H26N4O4. The van der Waals surface area contributed by atoms with Crippen molar-refractivity contribution in [2.45, 2.75) is 33.7 Å². The second-order valence-electron chi connectivity index (χ2n) is 7.65. The van der Waals surface area contributed by atoms with E-state index < -0.39 is 5.56 Å². The molecule has 3 aromatic rings. The number of benzene rings is 2. The number of rotatable bonds is 7. The molecule has 2 aromatic carbocycles. The minimum Gasteiger partial charge on any atom is -0.493 e. The summed E-state index contributed by atoms with van der Waals surface area (Å²) in [5, 5.41) is 28.5. The summed E-state index contributed by atoms with van der Waals surface area (Å²) in [6.45, 7) is 5.68. The van der Waals surface area contributed by atoms with Crippen LogP contribution in [-0.4, -0.2) is 23.9 Å². The first-order valence-corrected chi connectivity index (χ1v) is 10.4. The highest BCUT2D eigenvalue weighted by Gasteiger charge is 2.19. The number of aromatic nitrogens is 1.